The lowest BCUT2D eigenvalue weighted by molar-refractivity contribution is 0.590. The lowest BCUT2D eigenvalue weighted by Gasteiger charge is -2.31. The molecule has 0 saturated carbocycles. The van der Waals surface area contributed by atoms with Crippen molar-refractivity contribution < 1.29 is 0 Å². The predicted octanol–water partition coefficient (Wildman–Crippen LogP) is 3.86. The van der Waals surface area contributed by atoms with Crippen LogP contribution >= 0.6 is 43.5 Å². The number of aromatic nitrogens is 1. The van der Waals surface area contributed by atoms with Crippen LogP contribution in [0.2, 0.25) is 5.02 Å². The van der Waals surface area contributed by atoms with Crippen molar-refractivity contribution in [1.82, 2.24) is 4.98 Å². The molecule has 1 aromatic rings. The molecule has 0 aromatic carbocycles. The molecule has 0 aliphatic carbocycles. The normalized spacial score (nSPS) is 21.8. The number of alkyl halides is 1. The van der Waals surface area contributed by atoms with Gasteiger partial charge in [-0.25, -0.2) is 4.98 Å². The van der Waals surface area contributed by atoms with Crippen LogP contribution in [0.25, 0.3) is 0 Å². The molecule has 1 saturated heterocycles. The van der Waals surface area contributed by atoms with Crippen LogP contribution in [0.5, 0.6) is 0 Å². The van der Waals surface area contributed by atoms with E-state index in [0.717, 1.165) is 23.4 Å². The van der Waals surface area contributed by atoms with E-state index < -0.39 is 0 Å². The molecule has 0 N–H and O–H groups in total. The SMILES string of the molecule is Clc1cnc(N2CCCC(Br)C2)c(Br)c1. The largest absolute Gasteiger partial charge is 0.355 e. The summed E-state index contributed by atoms with van der Waals surface area (Å²) in [6.45, 7) is 2.07. The molecule has 15 heavy (non-hydrogen) atoms. The van der Waals surface area contributed by atoms with E-state index in [1.165, 1.54) is 12.8 Å². The average molecular weight is 354 g/mol. The molecule has 1 atom stereocenters. The second-order valence-electron chi connectivity index (χ2n) is 3.64. The monoisotopic (exact) mass is 352 g/mol. The predicted molar refractivity (Wildman–Crippen MR) is 71.1 cm³/mol. The number of hydrogen-bond donors (Lipinski definition) is 0. The fourth-order valence-electron chi connectivity index (χ4n) is 1.76. The van der Waals surface area contributed by atoms with Crippen LogP contribution < -0.4 is 4.90 Å². The summed E-state index contributed by atoms with van der Waals surface area (Å²) in [6.07, 6.45) is 4.13. The highest BCUT2D eigenvalue weighted by Crippen LogP contribution is 2.29. The first-order valence-electron chi connectivity index (χ1n) is 4.87. The summed E-state index contributed by atoms with van der Waals surface area (Å²) < 4.78 is 0.969. The maximum Gasteiger partial charge on any atom is 0.143 e. The molecular formula is C10H11Br2ClN2. The molecule has 1 fully saturated rings. The Balaban J connectivity index is 2.21. The first-order chi connectivity index (χ1) is 7.16. The number of rotatable bonds is 1. The van der Waals surface area contributed by atoms with Crippen LogP contribution in [0.4, 0.5) is 5.82 Å². The Morgan fingerprint density at radius 1 is 1.53 bits per heavy atom. The average Bonchev–Trinajstić information content (AvgIpc) is 2.17. The number of anilines is 1. The summed E-state index contributed by atoms with van der Waals surface area (Å²) in [6, 6.07) is 1.89. The van der Waals surface area contributed by atoms with Crippen LogP contribution in [-0.4, -0.2) is 22.9 Å². The molecule has 1 unspecified atom stereocenters. The Labute approximate surface area is 111 Å². The minimum Gasteiger partial charge on any atom is -0.355 e. The second-order valence-corrected chi connectivity index (χ2v) is 6.23. The van der Waals surface area contributed by atoms with Crippen molar-refractivity contribution in [2.24, 2.45) is 0 Å². The van der Waals surface area contributed by atoms with Crippen molar-refractivity contribution in [2.45, 2.75) is 17.7 Å². The molecule has 0 spiro atoms. The van der Waals surface area contributed by atoms with Gasteiger partial charge in [0.05, 0.1) is 9.50 Å². The van der Waals surface area contributed by atoms with Gasteiger partial charge in [0.25, 0.3) is 0 Å². The first kappa shape index (κ1) is 11.7. The number of nitrogens with zero attached hydrogens (tertiary/aromatic N) is 2. The van der Waals surface area contributed by atoms with E-state index in [1.54, 1.807) is 6.20 Å². The van der Waals surface area contributed by atoms with Crippen LogP contribution in [0.15, 0.2) is 16.7 Å². The van der Waals surface area contributed by atoms with Crippen molar-refractivity contribution in [3.63, 3.8) is 0 Å². The van der Waals surface area contributed by atoms with Gasteiger partial charge in [-0.1, -0.05) is 27.5 Å². The molecule has 1 aliphatic heterocycles. The van der Waals surface area contributed by atoms with Crippen molar-refractivity contribution in [2.75, 3.05) is 18.0 Å². The number of pyridine rings is 1. The van der Waals surface area contributed by atoms with E-state index in [4.69, 9.17) is 11.6 Å². The summed E-state index contributed by atoms with van der Waals surface area (Å²) in [5, 5.41) is 0.665. The highest BCUT2D eigenvalue weighted by molar-refractivity contribution is 9.10. The van der Waals surface area contributed by atoms with Crippen molar-refractivity contribution >= 4 is 49.3 Å². The first-order valence-corrected chi connectivity index (χ1v) is 6.95. The van der Waals surface area contributed by atoms with E-state index in [0.29, 0.717) is 9.85 Å². The van der Waals surface area contributed by atoms with E-state index in [9.17, 15) is 0 Å². The van der Waals surface area contributed by atoms with Crippen LogP contribution in [-0.2, 0) is 0 Å². The third-order valence-corrected chi connectivity index (χ3v) is 3.99. The molecular weight excluding hydrogens is 343 g/mol. The van der Waals surface area contributed by atoms with Gasteiger partial charge < -0.3 is 4.90 Å². The van der Waals surface area contributed by atoms with E-state index >= 15 is 0 Å². The van der Waals surface area contributed by atoms with Gasteiger partial charge in [0.2, 0.25) is 0 Å². The number of piperidine rings is 1. The van der Waals surface area contributed by atoms with Crippen molar-refractivity contribution in [3.8, 4) is 0 Å². The lowest BCUT2D eigenvalue weighted by Crippen LogP contribution is -2.36. The zero-order valence-corrected chi connectivity index (χ0v) is 12.0. The molecule has 2 nitrogen and oxygen atoms in total. The molecule has 2 heterocycles. The summed E-state index contributed by atoms with van der Waals surface area (Å²) in [7, 11) is 0. The second kappa shape index (κ2) is 5.02. The Morgan fingerprint density at radius 2 is 2.33 bits per heavy atom. The minimum absolute atomic E-state index is 0.565. The quantitative estimate of drug-likeness (QED) is 0.712. The molecule has 1 aromatic heterocycles. The van der Waals surface area contributed by atoms with E-state index in [1.807, 2.05) is 6.07 Å². The van der Waals surface area contributed by atoms with Crippen molar-refractivity contribution in [1.29, 1.82) is 0 Å². The Bertz CT molecular complexity index is 359. The van der Waals surface area contributed by atoms with Crippen molar-refractivity contribution in [3.05, 3.63) is 21.8 Å². The highest BCUT2D eigenvalue weighted by atomic mass is 79.9. The van der Waals surface area contributed by atoms with Gasteiger partial charge >= 0.3 is 0 Å². The summed E-state index contributed by atoms with van der Waals surface area (Å²) in [4.78, 5) is 7.21. The third-order valence-electron chi connectivity index (χ3n) is 2.45. The van der Waals surface area contributed by atoms with Gasteiger partial charge in [-0.05, 0) is 34.8 Å². The summed E-state index contributed by atoms with van der Waals surface area (Å²) in [5.74, 6) is 0.989. The van der Waals surface area contributed by atoms with Gasteiger partial charge in [-0.2, -0.15) is 0 Å². The molecule has 82 valence electrons. The fraction of sp³-hybridized carbons (Fsp3) is 0.500. The van der Waals surface area contributed by atoms with Gasteiger partial charge in [0.1, 0.15) is 5.82 Å². The zero-order valence-electron chi connectivity index (χ0n) is 8.09. The Kier molecular flexibility index (Phi) is 3.91. The van der Waals surface area contributed by atoms with Gasteiger partial charge in [0.15, 0.2) is 0 Å². The summed E-state index contributed by atoms with van der Waals surface area (Å²) >= 11 is 13.0. The van der Waals surface area contributed by atoms with E-state index in [-0.39, 0.29) is 0 Å². The Hall–Kier alpha value is 0.200. The highest BCUT2D eigenvalue weighted by Gasteiger charge is 2.20. The minimum atomic E-state index is 0.565. The molecule has 0 bridgehead atoms. The van der Waals surface area contributed by atoms with Gasteiger partial charge in [-0.15, -0.1) is 0 Å². The lowest BCUT2D eigenvalue weighted by atomic mass is 10.1. The topological polar surface area (TPSA) is 16.1 Å². The van der Waals surface area contributed by atoms with Crippen LogP contribution in [0.3, 0.4) is 0 Å². The standard InChI is InChI=1S/C10H11Br2ClN2/c11-7-2-1-3-15(6-7)10-9(12)4-8(13)5-14-10/h4-5,7H,1-3,6H2. The molecule has 2 rings (SSSR count). The smallest absolute Gasteiger partial charge is 0.143 e. The van der Waals surface area contributed by atoms with E-state index in [2.05, 4.69) is 41.7 Å². The third kappa shape index (κ3) is 2.86. The van der Waals surface area contributed by atoms with Gasteiger partial charge in [0, 0.05) is 24.1 Å². The maximum atomic E-state index is 5.86. The van der Waals surface area contributed by atoms with Crippen LogP contribution in [0.1, 0.15) is 12.8 Å². The molecule has 5 heteroatoms. The summed E-state index contributed by atoms with van der Waals surface area (Å²) in [5.41, 5.74) is 0. The maximum absolute atomic E-state index is 5.86. The fourth-order valence-corrected chi connectivity index (χ4v) is 3.32. The number of halogens is 3. The molecule has 0 radical (unpaired) electrons. The van der Waals surface area contributed by atoms with Gasteiger partial charge in [-0.3, -0.25) is 0 Å². The molecule has 0 amide bonds. The van der Waals surface area contributed by atoms with Crippen LogP contribution in [0, 0.1) is 0 Å². The Morgan fingerprint density at radius 3 is 3.00 bits per heavy atom. The number of hydrogen-bond acceptors (Lipinski definition) is 2. The molecule has 1 aliphatic rings. The zero-order chi connectivity index (χ0) is 10.8.